The van der Waals surface area contributed by atoms with Crippen molar-refractivity contribution in [2.45, 2.75) is 124 Å². The van der Waals surface area contributed by atoms with E-state index < -0.39 is 16.6 Å². The Balaban J connectivity index is 5.92. The molecule has 0 N–H and O–H groups in total. The summed E-state index contributed by atoms with van der Waals surface area (Å²) < 4.78 is 13.7. The predicted molar refractivity (Wildman–Crippen MR) is 123 cm³/mol. The molecule has 0 aromatic carbocycles. The summed E-state index contributed by atoms with van der Waals surface area (Å²) in [7, 11) is -3.73. The third kappa shape index (κ3) is 7.41. The van der Waals surface area contributed by atoms with Crippen LogP contribution in [0.1, 0.15) is 75.2 Å². The molecule has 0 aromatic rings. The molecule has 0 rings (SSSR count). The molecule has 0 aliphatic rings. The van der Waals surface area contributed by atoms with Crippen molar-refractivity contribution in [3.63, 3.8) is 0 Å². The van der Waals surface area contributed by atoms with Gasteiger partial charge < -0.3 is 13.6 Å². The van der Waals surface area contributed by atoms with Gasteiger partial charge in [-0.2, -0.15) is 0 Å². The zero-order valence-electron chi connectivity index (χ0n) is 20.3. The van der Waals surface area contributed by atoms with Crippen molar-refractivity contribution in [2.24, 2.45) is 11.8 Å². The van der Waals surface area contributed by atoms with Crippen LogP contribution in [-0.2, 0) is 13.6 Å². The monoisotopic (exact) mass is 416 g/mol. The Kier molecular flexibility index (Phi) is 11.3. The van der Waals surface area contributed by atoms with Gasteiger partial charge in [-0.05, 0) is 42.7 Å². The number of carbonyl (C=O) groups excluding carboxylic acids is 1. The quantitative estimate of drug-likeness (QED) is 0.238. The van der Waals surface area contributed by atoms with Crippen molar-refractivity contribution >= 4 is 22.9 Å². The van der Waals surface area contributed by atoms with Gasteiger partial charge in [0.15, 0.2) is 8.32 Å². The van der Waals surface area contributed by atoms with E-state index in [4.69, 9.17) is 8.85 Å². The second-order valence-corrected chi connectivity index (χ2v) is 20.2. The van der Waals surface area contributed by atoms with E-state index in [2.05, 4.69) is 75.0 Å². The van der Waals surface area contributed by atoms with Gasteiger partial charge in [0.1, 0.15) is 6.29 Å². The highest BCUT2D eigenvalue weighted by Crippen LogP contribution is 2.44. The van der Waals surface area contributed by atoms with Crippen molar-refractivity contribution in [3.05, 3.63) is 0 Å². The van der Waals surface area contributed by atoms with Crippen LogP contribution in [-0.4, -0.2) is 35.1 Å². The Labute approximate surface area is 172 Å². The van der Waals surface area contributed by atoms with Crippen LogP contribution >= 0.6 is 0 Å². The molecule has 3 nitrogen and oxygen atoms in total. The van der Waals surface area contributed by atoms with E-state index in [0.29, 0.717) is 16.6 Å². The lowest BCUT2D eigenvalue weighted by Gasteiger charge is -2.47. The molecule has 0 saturated carbocycles. The average molecular weight is 417 g/mol. The van der Waals surface area contributed by atoms with Gasteiger partial charge in [0.05, 0.1) is 12.2 Å². The Morgan fingerprint density at radius 3 is 1.56 bits per heavy atom. The minimum absolute atomic E-state index is 0.0658. The Morgan fingerprint density at radius 2 is 1.26 bits per heavy atom. The van der Waals surface area contributed by atoms with E-state index in [1.807, 2.05) is 6.92 Å². The van der Waals surface area contributed by atoms with E-state index in [9.17, 15) is 4.79 Å². The summed E-state index contributed by atoms with van der Waals surface area (Å²) in [6.45, 7) is 27.1. The maximum Gasteiger partial charge on any atom is 0.200 e. The first-order valence-corrected chi connectivity index (χ1v) is 16.6. The first kappa shape index (κ1) is 27.0. The fourth-order valence-corrected chi connectivity index (χ4v) is 11.7. The summed E-state index contributed by atoms with van der Waals surface area (Å²) in [5.74, 6) is 0.0999. The maximum absolute atomic E-state index is 11.6. The Hall–Kier alpha value is 0.0238. The first-order chi connectivity index (χ1) is 12.2. The normalized spacial score (nSPS) is 18.0. The van der Waals surface area contributed by atoms with Gasteiger partial charge in [-0.25, -0.2) is 0 Å². The molecule has 0 aliphatic heterocycles. The van der Waals surface area contributed by atoms with Gasteiger partial charge in [-0.3, -0.25) is 0 Å². The molecular formula is C22H48O3Si2. The van der Waals surface area contributed by atoms with Crippen molar-refractivity contribution in [1.29, 1.82) is 0 Å². The lowest BCUT2D eigenvalue weighted by atomic mass is 9.88. The Bertz CT molecular complexity index is 408. The molecule has 0 spiro atoms. The van der Waals surface area contributed by atoms with Gasteiger partial charge in [0, 0.05) is 11.8 Å². The molecule has 0 bridgehead atoms. The zero-order valence-corrected chi connectivity index (χ0v) is 22.3. The average Bonchev–Trinajstić information content (AvgIpc) is 2.53. The summed E-state index contributed by atoms with van der Waals surface area (Å²) in [6, 6.07) is 0. The molecule has 0 saturated heterocycles. The standard InChI is InChI=1S/C22H48O3Si2/c1-13-14-21(24-27(16(2)3,17(4)5)18(6)7)20(9)22(19(8)15-23)25-26(10,11)12/h15-22H,13-14H2,1-12H3/t19?,20-,21-,22-/m1/s1. The molecule has 0 fully saturated rings. The highest BCUT2D eigenvalue weighted by atomic mass is 28.4. The van der Waals surface area contributed by atoms with E-state index in [1.54, 1.807) is 0 Å². The molecule has 27 heavy (non-hydrogen) atoms. The van der Waals surface area contributed by atoms with Crippen LogP contribution < -0.4 is 0 Å². The second kappa shape index (κ2) is 11.3. The largest absolute Gasteiger partial charge is 0.414 e. The van der Waals surface area contributed by atoms with Crippen molar-refractivity contribution in [3.8, 4) is 0 Å². The van der Waals surface area contributed by atoms with Crippen LogP contribution in [0.3, 0.4) is 0 Å². The number of hydrogen-bond acceptors (Lipinski definition) is 3. The van der Waals surface area contributed by atoms with Gasteiger partial charge in [0.25, 0.3) is 0 Å². The summed E-state index contributed by atoms with van der Waals surface area (Å²) >= 11 is 0. The first-order valence-electron chi connectivity index (χ1n) is 11.0. The van der Waals surface area contributed by atoms with E-state index in [0.717, 1.165) is 19.1 Å². The summed E-state index contributed by atoms with van der Waals surface area (Å²) in [4.78, 5) is 11.6. The Morgan fingerprint density at radius 1 is 0.815 bits per heavy atom. The molecule has 0 heterocycles. The lowest BCUT2D eigenvalue weighted by molar-refractivity contribution is -0.115. The molecule has 1 unspecified atom stereocenters. The molecule has 0 amide bonds. The van der Waals surface area contributed by atoms with Gasteiger partial charge in [-0.1, -0.05) is 68.7 Å². The van der Waals surface area contributed by atoms with Crippen LogP contribution in [0.25, 0.3) is 0 Å². The van der Waals surface area contributed by atoms with Gasteiger partial charge in [0.2, 0.25) is 8.32 Å². The van der Waals surface area contributed by atoms with Gasteiger partial charge in [-0.15, -0.1) is 0 Å². The van der Waals surface area contributed by atoms with E-state index in [-0.39, 0.29) is 24.0 Å². The lowest BCUT2D eigenvalue weighted by Crippen LogP contribution is -2.53. The highest BCUT2D eigenvalue weighted by Gasteiger charge is 2.48. The van der Waals surface area contributed by atoms with Crippen molar-refractivity contribution < 1.29 is 13.6 Å². The van der Waals surface area contributed by atoms with Crippen molar-refractivity contribution in [1.82, 2.24) is 0 Å². The summed E-state index contributed by atoms with van der Waals surface area (Å²) in [5.41, 5.74) is 1.68. The minimum Gasteiger partial charge on any atom is -0.414 e. The summed E-state index contributed by atoms with van der Waals surface area (Å²) in [5, 5.41) is 0. The van der Waals surface area contributed by atoms with E-state index in [1.165, 1.54) is 0 Å². The second-order valence-electron chi connectivity index (χ2n) is 10.3. The van der Waals surface area contributed by atoms with Crippen LogP contribution in [0.2, 0.25) is 36.3 Å². The van der Waals surface area contributed by atoms with Gasteiger partial charge >= 0.3 is 0 Å². The molecule has 5 heteroatoms. The third-order valence-electron chi connectivity index (χ3n) is 5.96. The molecule has 0 aliphatic carbocycles. The minimum atomic E-state index is -1.97. The van der Waals surface area contributed by atoms with Crippen LogP contribution in [0, 0.1) is 11.8 Å². The molecular weight excluding hydrogens is 368 g/mol. The maximum atomic E-state index is 11.6. The zero-order chi connectivity index (χ0) is 21.6. The molecule has 4 atom stereocenters. The van der Waals surface area contributed by atoms with E-state index >= 15 is 0 Å². The topological polar surface area (TPSA) is 35.5 Å². The number of carbonyl (C=O) groups is 1. The fourth-order valence-electron chi connectivity index (χ4n) is 4.77. The number of hydrogen-bond donors (Lipinski definition) is 0. The van der Waals surface area contributed by atoms with Crippen LogP contribution in [0.4, 0.5) is 0 Å². The molecule has 0 aromatic heterocycles. The van der Waals surface area contributed by atoms with Crippen molar-refractivity contribution in [2.75, 3.05) is 0 Å². The third-order valence-corrected chi connectivity index (χ3v) is 13.1. The number of aldehydes is 1. The molecule has 0 radical (unpaired) electrons. The fraction of sp³-hybridized carbons (Fsp3) is 0.955. The predicted octanol–water partition coefficient (Wildman–Crippen LogP) is 7.04. The SMILES string of the molecule is CCC[C@@H](O[Si](C(C)C)(C(C)C)C(C)C)[C@@H](C)[C@H](O[Si](C)(C)C)C(C)C=O. The highest BCUT2D eigenvalue weighted by molar-refractivity contribution is 6.77. The number of rotatable bonds is 13. The van der Waals surface area contributed by atoms with Crippen LogP contribution in [0.5, 0.6) is 0 Å². The molecule has 162 valence electrons. The smallest absolute Gasteiger partial charge is 0.200 e. The summed E-state index contributed by atoms with van der Waals surface area (Å²) in [6.07, 6.45) is 3.26. The van der Waals surface area contributed by atoms with Crippen LogP contribution in [0.15, 0.2) is 0 Å².